The van der Waals surface area contributed by atoms with Crippen LogP contribution in [0.2, 0.25) is 0 Å². The average molecular weight is 534 g/mol. The number of nitrogens with zero attached hydrogens (tertiary/aromatic N) is 4. The van der Waals surface area contributed by atoms with Gasteiger partial charge in [0.15, 0.2) is 0 Å². The molecule has 1 aliphatic rings. The number of nitrogens with one attached hydrogen (secondary N) is 1. The van der Waals surface area contributed by atoms with E-state index in [4.69, 9.17) is 4.74 Å². The van der Waals surface area contributed by atoms with E-state index in [9.17, 15) is 14.9 Å². The van der Waals surface area contributed by atoms with E-state index in [1.54, 1.807) is 41.2 Å². The number of hydrogen-bond donors (Lipinski definition) is 1. The number of carbonyl (C=O) groups is 2. The minimum atomic E-state index is -0.397. The van der Waals surface area contributed by atoms with E-state index in [2.05, 4.69) is 16.0 Å². The summed E-state index contributed by atoms with van der Waals surface area (Å²) in [6.07, 6.45) is 3.62. The van der Waals surface area contributed by atoms with Crippen LogP contribution in [0.25, 0.3) is 5.69 Å². The van der Waals surface area contributed by atoms with E-state index < -0.39 is 6.04 Å². The highest BCUT2D eigenvalue weighted by atomic mass is 16.5. The van der Waals surface area contributed by atoms with Crippen molar-refractivity contribution in [1.29, 1.82) is 5.26 Å². The lowest BCUT2D eigenvalue weighted by Crippen LogP contribution is -2.48. The minimum Gasteiger partial charge on any atom is -0.497 e. The number of methoxy groups -OCH3 is 1. The van der Waals surface area contributed by atoms with Crippen LogP contribution in [-0.4, -0.2) is 41.6 Å². The van der Waals surface area contributed by atoms with Crippen molar-refractivity contribution in [1.82, 2.24) is 9.47 Å². The molecule has 0 fully saturated rings. The first-order valence-electron chi connectivity index (χ1n) is 13.3. The Kier molecular flexibility index (Phi) is 7.83. The molecule has 1 atom stereocenters. The van der Waals surface area contributed by atoms with Crippen LogP contribution >= 0.6 is 0 Å². The first-order chi connectivity index (χ1) is 19.5. The van der Waals surface area contributed by atoms with Gasteiger partial charge in [-0.2, -0.15) is 5.26 Å². The molecule has 0 bridgehead atoms. The molecule has 1 aliphatic heterocycles. The number of nitriles is 1. The highest BCUT2D eigenvalue weighted by molar-refractivity contribution is 6.01. The summed E-state index contributed by atoms with van der Waals surface area (Å²) >= 11 is 0. The Morgan fingerprint density at radius 3 is 2.50 bits per heavy atom. The highest BCUT2D eigenvalue weighted by Gasteiger charge is 2.37. The van der Waals surface area contributed by atoms with Crippen LogP contribution in [0.5, 0.6) is 5.75 Å². The average Bonchev–Trinajstić information content (AvgIpc) is 3.48. The molecule has 4 aromatic rings. The van der Waals surface area contributed by atoms with Gasteiger partial charge in [-0.1, -0.05) is 43.7 Å². The van der Waals surface area contributed by atoms with Crippen LogP contribution in [0.3, 0.4) is 0 Å². The Balaban J connectivity index is 1.50. The minimum absolute atomic E-state index is 0.106. The standard InChI is InChI=1S/C32H31N5O3/c1-3-4-18-35(32(39)34-25-10-7-9-23(20-25)21-33)22-30(38)37-28-12-6-5-11-27(28)36-19-8-13-29(36)31(37)24-14-16-26(40-2)17-15-24/h5-17,19-20,31H,3-4,18,22H2,1-2H3,(H,34,39). The van der Waals surface area contributed by atoms with E-state index in [1.165, 1.54) is 0 Å². The van der Waals surface area contributed by atoms with E-state index in [0.717, 1.165) is 41.2 Å². The smallest absolute Gasteiger partial charge is 0.322 e. The first-order valence-corrected chi connectivity index (χ1v) is 13.3. The Labute approximate surface area is 234 Å². The molecule has 202 valence electrons. The van der Waals surface area contributed by atoms with Crippen molar-refractivity contribution < 1.29 is 14.3 Å². The number of anilines is 2. The molecule has 2 heterocycles. The van der Waals surface area contributed by atoms with Crippen LogP contribution < -0.4 is 15.0 Å². The number of rotatable bonds is 8. The van der Waals surface area contributed by atoms with Crippen molar-refractivity contribution >= 4 is 23.3 Å². The topological polar surface area (TPSA) is 90.6 Å². The SMILES string of the molecule is CCCCN(CC(=O)N1c2ccccc2-n2cccc2C1c1ccc(OC)cc1)C(=O)Nc1cccc(C#N)c1. The maximum absolute atomic E-state index is 14.3. The van der Waals surface area contributed by atoms with Gasteiger partial charge in [0.1, 0.15) is 18.3 Å². The van der Waals surface area contributed by atoms with Crippen molar-refractivity contribution in [2.45, 2.75) is 25.8 Å². The van der Waals surface area contributed by atoms with Crippen LogP contribution in [0, 0.1) is 11.3 Å². The molecule has 40 heavy (non-hydrogen) atoms. The number of carbonyl (C=O) groups excluding carboxylic acids is 2. The number of urea groups is 1. The molecule has 0 saturated heterocycles. The van der Waals surface area contributed by atoms with Gasteiger partial charge in [0.2, 0.25) is 5.91 Å². The zero-order chi connectivity index (χ0) is 28.1. The number of aromatic nitrogens is 1. The lowest BCUT2D eigenvalue weighted by Gasteiger charge is -2.39. The second-order valence-electron chi connectivity index (χ2n) is 9.63. The largest absolute Gasteiger partial charge is 0.497 e. The number of fused-ring (bicyclic) bond motifs is 3. The lowest BCUT2D eigenvalue weighted by molar-refractivity contribution is -0.119. The third-order valence-electron chi connectivity index (χ3n) is 7.06. The summed E-state index contributed by atoms with van der Waals surface area (Å²) in [5.41, 5.74) is 4.52. The summed E-state index contributed by atoms with van der Waals surface area (Å²) < 4.78 is 7.48. The summed E-state index contributed by atoms with van der Waals surface area (Å²) in [5.74, 6) is 0.536. The van der Waals surface area contributed by atoms with Crippen molar-refractivity contribution in [2.24, 2.45) is 0 Å². The number of benzene rings is 3. The third-order valence-corrected chi connectivity index (χ3v) is 7.06. The van der Waals surface area contributed by atoms with Crippen molar-refractivity contribution in [3.8, 4) is 17.5 Å². The van der Waals surface area contributed by atoms with E-state index in [-0.39, 0.29) is 18.5 Å². The number of ether oxygens (including phenoxy) is 1. The molecule has 1 N–H and O–H groups in total. The second-order valence-corrected chi connectivity index (χ2v) is 9.63. The Morgan fingerprint density at radius 1 is 1.00 bits per heavy atom. The molecule has 0 aliphatic carbocycles. The van der Waals surface area contributed by atoms with Gasteiger partial charge in [-0.3, -0.25) is 9.69 Å². The van der Waals surface area contributed by atoms with Crippen LogP contribution in [0.1, 0.15) is 42.6 Å². The lowest BCUT2D eigenvalue weighted by atomic mass is 9.97. The molecule has 8 nitrogen and oxygen atoms in total. The summed E-state index contributed by atoms with van der Waals surface area (Å²) in [5, 5.41) is 12.1. The van der Waals surface area contributed by atoms with E-state index in [1.807, 2.05) is 73.8 Å². The van der Waals surface area contributed by atoms with Crippen LogP contribution in [-0.2, 0) is 4.79 Å². The normalized spacial score (nSPS) is 13.5. The molecule has 1 unspecified atom stereocenters. The summed E-state index contributed by atoms with van der Waals surface area (Å²) in [6.45, 7) is 2.36. The predicted molar refractivity (Wildman–Crippen MR) is 155 cm³/mol. The number of hydrogen-bond acceptors (Lipinski definition) is 4. The number of amides is 3. The van der Waals surface area contributed by atoms with E-state index >= 15 is 0 Å². The van der Waals surface area contributed by atoms with Gasteiger partial charge in [-0.25, -0.2) is 4.79 Å². The monoisotopic (exact) mass is 533 g/mol. The molecule has 8 heteroatoms. The second kappa shape index (κ2) is 11.8. The fraction of sp³-hybridized carbons (Fsp3) is 0.219. The van der Waals surface area contributed by atoms with E-state index in [0.29, 0.717) is 17.8 Å². The van der Waals surface area contributed by atoms with Gasteiger partial charge in [0, 0.05) is 18.4 Å². The maximum Gasteiger partial charge on any atom is 0.322 e. The zero-order valence-corrected chi connectivity index (χ0v) is 22.6. The van der Waals surface area contributed by atoms with Gasteiger partial charge in [-0.05, 0) is 66.6 Å². The van der Waals surface area contributed by atoms with Gasteiger partial charge < -0.3 is 19.5 Å². The van der Waals surface area contributed by atoms with Crippen LogP contribution in [0.4, 0.5) is 16.2 Å². The fourth-order valence-electron chi connectivity index (χ4n) is 5.07. The van der Waals surface area contributed by atoms with Crippen molar-refractivity contribution in [3.63, 3.8) is 0 Å². The molecule has 0 saturated carbocycles. The summed E-state index contributed by atoms with van der Waals surface area (Å²) in [7, 11) is 1.62. The summed E-state index contributed by atoms with van der Waals surface area (Å²) in [4.78, 5) is 31.0. The predicted octanol–water partition coefficient (Wildman–Crippen LogP) is 6.13. The molecule has 3 amide bonds. The third kappa shape index (κ3) is 5.27. The Morgan fingerprint density at radius 2 is 1.77 bits per heavy atom. The van der Waals surface area contributed by atoms with Gasteiger partial charge in [0.05, 0.1) is 35.8 Å². The van der Waals surface area contributed by atoms with Crippen molar-refractivity contribution in [2.75, 3.05) is 30.4 Å². The molecular weight excluding hydrogens is 502 g/mol. The summed E-state index contributed by atoms with van der Waals surface area (Å²) in [6, 6.07) is 27.6. The molecular formula is C32H31N5O3. The molecule has 5 rings (SSSR count). The maximum atomic E-state index is 14.3. The molecule has 3 aromatic carbocycles. The zero-order valence-electron chi connectivity index (χ0n) is 22.6. The highest BCUT2D eigenvalue weighted by Crippen LogP contribution is 2.42. The molecule has 0 radical (unpaired) electrons. The van der Waals surface area contributed by atoms with Crippen LogP contribution in [0.15, 0.2) is 91.1 Å². The fourth-order valence-corrected chi connectivity index (χ4v) is 5.07. The Hall–Kier alpha value is -5.03. The van der Waals surface area contributed by atoms with Gasteiger partial charge in [0.25, 0.3) is 0 Å². The number of unbranched alkanes of at least 4 members (excludes halogenated alkanes) is 1. The van der Waals surface area contributed by atoms with Gasteiger partial charge in [-0.15, -0.1) is 0 Å². The first kappa shape index (κ1) is 26.6. The number of para-hydroxylation sites is 2. The quantitative estimate of drug-likeness (QED) is 0.295. The van der Waals surface area contributed by atoms with Gasteiger partial charge >= 0.3 is 6.03 Å². The molecule has 1 aromatic heterocycles. The molecule has 0 spiro atoms. The Bertz CT molecular complexity index is 1550. The van der Waals surface area contributed by atoms with Crippen molar-refractivity contribution in [3.05, 3.63) is 108 Å².